The lowest BCUT2D eigenvalue weighted by atomic mass is 10.1. The van der Waals surface area contributed by atoms with Crippen molar-refractivity contribution in [2.24, 2.45) is 0 Å². The van der Waals surface area contributed by atoms with Crippen LogP contribution in [-0.2, 0) is 14.3 Å². The van der Waals surface area contributed by atoms with Gasteiger partial charge < -0.3 is 25.0 Å². The number of carbonyl (C=O) groups is 2. The van der Waals surface area contributed by atoms with E-state index in [1.165, 1.54) is 0 Å². The SMILES string of the molecule is CCOC(=O)C[C@H]1CN(C)CCN1C.CN1CCN(C)[C@@H](C(=O)C=[N+]=[N-])C1. The first-order chi connectivity index (χ1) is 12.8. The lowest BCUT2D eigenvalue weighted by Crippen LogP contribution is -2.53. The summed E-state index contributed by atoms with van der Waals surface area (Å²) in [6, 6.07) is 0.141. The Hall–Kier alpha value is -1.64. The molecule has 9 heteroatoms. The maximum atomic E-state index is 11.4. The zero-order valence-corrected chi connectivity index (χ0v) is 17.3. The van der Waals surface area contributed by atoms with Crippen molar-refractivity contribution in [3.8, 4) is 0 Å². The van der Waals surface area contributed by atoms with E-state index < -0.39 is 0 Å². The third-order valence-corrected chi connectivity index (χ3v) is 5.05. The van der Waals surface area contributed by atoms with Crippen LogP contribution >= 0.6 is 0 Å². The van der Waals surface area contributed by atoms with Crippen molar-refractivity contribution in [1.82, 2.24) is 19.6 Å². The standard InChI is InChI=1S/C10H20N2O2.C8H14N4O/c1-4-14-10(13)7-9-8-11(2)5-6-12(9)3;1-11-3-4-12(2)7(6-11)8(13)5-10-9/h9H,4-8H2,1-3H3;5,7H,3-4,6H2,1-2H3/t9-;7-/m01/s1. The molecule has 0 unspecified atom stereocenters. The van der Waals surface area contributed by atoms with Gasteiger partial charge in [-0.25, -0.2) is 0 Å². The summed E-state index contributed by atoms with van der Waals surface area (Å²) in [5.41, 5.74) is 8.24. The normalized spacial score (nSPS) is 25.1. The Balaban J connectivity index is 0.000000271. The van der Waals surface area contributed by atoms with E-state index in [9.17, 15) is 9.59 Å². The quantitative estimate of drug-likeness (QED) is 0.268. The van der Waals surface area contributed by atoms with Crippen LogP contribution in [0.25, 0.3) is 5.53 Å². The molecule has 9 nitrogen and oxygen atoms in total. The Kier molecular flexibility index (Phi) is 10.4. The average molecular weight is 383 g/mol. The first-order valence-electron chi connectivity index (χ1n) is 9.42. The molecule has 2 aliphatic rings. The molecular weight excluding hydrogens is 348 g/mol. The number of Topliss-reactive ketones (excluding diaryl/α,β-unsaturated/α-hetero) is 1. The Morgan fingerprint density at radius 3 is 2.22 bits per heavy atom. The second kappa shape index (κ2) is 11.9. The van der Waals surface area contributed by atoms with Crippen LogP contribution in [0.3, 0.4) is 0 Å². The Morgan fingerprint density at radius 1 is 1.04 bits per heavy atom. The van der Waals surface area contributed by atoms with E-state index in [1.807, 2.05) is 25.9 Å². The molecule has 2 aliphatic heterocycles. The average Bonchev–Trinajstić information content (AvgIpc) is 2.61. The predicted octanol–water partition coefficient (Wildman–Crippen LogP) is -0.713. The van der Waals surface area contributed by atoms with E-state index in [2.05, 4.69) is 33.6 Å². The minimum absolute atomic E-state index is 0.0837. The van der Waals surface area contributed by atoms with Gasteiger partial charge in [0, 0.05) is 45.3 Å². The summed E-state index contributed by atoms with van der Waals surface area (Å²) < 4.78 is 4.94. The number of nitrogens with zero attached hydrogens (tertiary/aromatic N) is 6. The fourth-order valence-corrected chi connectivity index (χ4v) is 3.19. The molecule has 2 heterocycles. The van der Waals surface area contributed by atoms with Crippen molar-refractivity contribution < 1.29 is 19.1 Å². The smallest absolute Gasteiger partial charge is 0.324 e. The van der Waals surface area contributed by atoms with Crippen LogP contribution in [0.1, 0.15) is 13.3 Å². The molecule has 0 aliphatic carbocycles. The number of esters is 1. The molecule has 154 valence electrons. The molecule has 0 bridgehead atoms. The fraction of sp³-hybridized carbons (Fsp3) is 0.833. The summed E-state index contributed by atoms with van der Waals surface area (Å²) in [4.78, 5) is 34.0. The van der Waals surface area contributed by atoms with Crippen molar-refractivity contribution in [2.75, 3.05) is 74.1 Å². The predicted molar refractivity (Wildman–Crippen MR) is 104 cm³/mol. The molecule has 2 fully saturated rings. The fourth-order valence-electron chi connectivity index (χ4n) is 3.19. The molecular formula is C18H34N6O3. The molecule has 0 radical (unpaired) electrons. The molecule has 0 aromatic rings. The van der Waals surface area contributed by atoms with E-state index in [0.29, 0.717) is 25.6 Å². The molecule has 0 aromatic carbocycles. The van der Waals surface area contributed by atoms with Gasteiger partial charge in [-0.15, -0.1) is 0 Å². The van der Waals surface area contributed by atoms with Crippen LogP contribution in [0, 0.1) is 0 Å². The molecule has 0 aromatic heterocycles. The van der Waals surface area contributed by atoms with Gasteiger partial charge in [-0.1, -0.05) is 0 Å². The molecule has 2 saturated heterocycles. The van der Waals surface area contributed by atoms with E-state index in [0.717, 1.165) is 38.9 Å². The minimum Gasteiger partial charge on any atom is -0.466 e. The van der Waals surface area contributed by atoms with Crippen molar-refractivity contribution in [3.05, 3.63) is 5.53 Å². The van der Waals surface area contributed by atoms with Crippen LogP contribution in [0.5, 0.6) is 0 Å². The lowest BCUT2D eigenvalue weighted by Gasteiger charge is -2.37. The van der Waals surface area contributed by atoms with Gasteiger partial charge in [0.25, 0.3) is 5.78 Å². The van der Waals surface area contributed by atoms with Crippen molar-refractivity contribution in [1.29, 1.82) is 0 Å². The van der Waals surface area contributed by atoms with E-state index in [4.69, 9.17) is 10.3 Å². The zero-order chi connectivity index (χ0) is 20.4. The first kappa shape index (κ1) is 23.4. The largest absolute Gasteiger partial charge is 0.466 e. The molecule has 0 N–H and O–H groups in total. The summed E-state index contributed by atoms with van der Waals surface area (Å²) in [7, 11) is 8.03. The van der Waals surface area contributed by atoms with E-state index >= 15 is 0 Å². The van der Waals surface area contributed by atoms with Gasteiger partial charge in [0.15, 0.2) is 0 Å². The number of rotatable bonds is 5. The van der Waals surface area contributed by atoms with Crippen LogP contribution in [0.4, 0.5) is 0 Å². The Bertz CT molecular complexity index is 537. The number of hydrogen-bond donors (Lipinski definition) is 0. The van der Waals surface area contributed by atoms with Gasteiger partial charge in [0.1, 0.15) is 0 Å². The number of piperazine rings is 2. The van der Waals surface area contributed by atoms with Crippen LogP contribution in [-0.4, -0.2) is 129 Å². The van der Waals surface area contributed by atoms with Gasteiger partial charge in [0.2, 0.25) is 0 Å². The highest BCUT2D eigenvalue weighted by molar-refractivity contribution is 6.27. The second-order valence-electron chi connectivity index (χ2n) is 7.31. The third-order valence-electron chi connectivity index (χ3n) is 5.05. The maximum absolute atomic E-state index is 11.4. The summed E-state index contributed by atoms with van der Waals surface area (Å²) in [6.07, 6.45) is 1.48. The third kappa shape index (κ3) is 8.28. The summed E-state index contributed by atoms with van der Waals surface area (Å²) in [5, 5.41) is 0. The van der Waals surface area contributed by atoms with Crippen molar-refractivity contribution >= 4 is 18.0 Å². The van der Waals surface area contributed by atoms with Gasteiger partial charge in [-0.2, -0.15) is 4.79 Å². The summed E-state index contributed by atoms with van der Waals surface area (Å²) in [5.74, 6) is -0.226. The number of ketones is 1. The number of hydrogen-bond acceptors (Lipinski definition) is 7. The van der Waals surface area contributed by atoms with Crippen LogP contribution in [0.15, 0.2) is 0 Å². The summed E-state index contributed by atoms with van der Waals surface area (Å²) >= 11 is 0. The molecule has 0 amide bonds. The molecule has 2 atom stereocenters. The van der Waals surface area contributed by atoms with Crippen LogP contribution in [0.2, 0.25) is 0 Å². The van der Waals surface area contributed by atoms with Crippen molar-refractivity contribution in [2.45, 2.75) is 25.4 Å². The van der Waals surface area contributed by atoms with Gasteiger partial charge in [-0.3, -0.25) is 14.5 Å². The lowest BCUT2D eigenvalue weighted by molar-refractivity contribution is -0.145. The number of ether oxygens (including phenoxy) is 1. The van der Waals surface area contributed by atoms with Crippen LogP contribution < -0.4 is 0 Å². The first-order valence-corrected chi connectivity index (χ1v) is 9.42. The second-order valence-corrected chi connectivity index (χ2v) is 7.31. The monoisotopic (exact) mass is 382 g/mol. The number of carbonyl (C=O) groups excluding carboxylic acids is 2. The number of likely N-dealkylation sites (N-methyl/N-ethyl adjacent to an activating group) is 4. The van der Waals surface area contributed by atoms with E-state index in [1.54, 1.807) is 0 Å². The van der Waals surface area contributed by atoms with Gasteiger partial charge >= 0.3 is 12.2 Å². The molecule has 27 heavy (non-hydrogen) atoms. The molecule has 0 saturated carbocycles. The molecule has 0 spiro atoms. The van der Waals surface area contributed by atoms with Gasteiger partial charge in [0.05, 0.1) is 19.1 Å². The van der Waals surface area contributed by atoms with Crippen molar-refractivity contribution in [3.63, 3.8) is 0 Å². The highest BCUT2D eigenvalue weighted by atomic mass is 16.5. The summed E-state index contributed by atoms with van der Waals surface area (Å²) in [6.45, 7) is 7.91. The van der Waals surface area contributed by atoms with E-state index in [-0.39, 0.29) is 17.8 Å². The maximum Gasteiger partial charge on any atom is 0.324 e. The van der Waals surface area contributed by atoms with Gasteiger partial charge in [-0.05, 0) is 35.1 Å². The Morgan fingerprint density at radius 2 is 1.63 bits per heavy atom. The highest BCUT2D eigenvalue weighted by Gasteiger charge is 2.29. The topological polar surface area (TPSA) is 92.7 Å². The minimum atomic E-state index is -0.172. The molecule has 2 rings (SSSR count). The zero-order valence-electron chi connectivity index (χ0n) is 17.3. The Labute approximate surface area is 162 Å². The highest BCUT2D eigenvalue weighted by Crippen LogP contribution is 2.10.